The first-order valence-corrected chi connectivity index (χ1v) is 6.65. The molecule has 2 rings (SSSR count). The van der Waals surface area contributed by atoms with Crippen molar-refractivity contribution in [2.75, 3.05) is 12.4 Å². The summed E-state index contributed by atoms with van der Waals surface area (Å²) in [6, 6.07) is 2.78. The van der Waals surface area contributed by atoms with Gasteiger partial charge in [0.25, 0.3) is 5.69 Å². The molecule has 1 aromatic rings. The molecule has 0 aromatic carbocycles. The molecule has 1 saturated carbocycles. The molecule has 2 N–H and O–H groups in total. The smallest absolute Gasteiger partial charge is 0.290 e. The largest absolute Gasteiger partial charge is 0.367 e. The third kappa shape index (κ3) is 3.41. The minimum Gasteiger partial charge on any atom is -0.367 e. The van der Waals surface area contributed by atoms with Gasteiger partial charge in [0, 0.05) is 17.6 Å². The zero-order valence-corrected chi connectivity index (χ0v) is 11.3. The lowest BCUT2D eigenvalue weighted by Crippen LogP contribution is -2.35. The van der Waals surface area contributed by atoms with Gasteiger partial charge in [0.15, 0.2) is 0 Å². The van der Waals surface area contributed by atoms with Gasteiger partial charge in [-0.05, 0) is 45.7 Å². The van der Waals surface area contributed by atoms with E-state index in [1.165, 1.54) is 6.20 Å². The van der Waals surface area contributed by atoms with Crippen molar-refractivity contribution in [3.05, 3.63) is 27.9 Å². The molecule has 6 heteroatoms. The van der Waals surface area contributed by atoms with Crippen molar-refractivity contribution in [1.82, 2.24) is 10.3 Å². The predicted octanol–water partition coefficient (Wildman–Crippen LogP) is 2.24. The first kappa shape index (κ1) is 13.7. The van der Waals surface area contributed by atoms with Gasteiger partial charge in [0.1, 0.15) is 12.0 Å². The quantitative estimate of drug-likeness (QED) is 0.644. The predicted molar refractivity (Wildman–Crippen MR) is 74.4 cm³/mol. The minimum atomic E-state index is -0.399. The van der Waals surface area contributed by atoms with E-state index in [1.807, 2.05) is 7.05 Å². The Morgan fingerprint density at radius 3 is 2.47 bits per heavy atom. The van der Waals surface area contributed by atoms with Gasteiger partial charge < -0.3 is 10.6 Å². The van der Waals surface area contributed by atoms with Crippen molar-refractivity contribution in [3.8, 4) is 0 Å². The van der Waals surface area contributed by atoms with E-state index >= 15 is 0 Å². The van der Waals surface area contributed by atoms with Crippen molar-refractivity contribution in [1.29, 1.82) is 0 Å². The fourth-order valence-corrected chi connectivity index (χ4v) is 2.55. The van der Waals surface area contributed by atoms with E-state index in [4.69, 9.17) is 0 Å². The van der Waals surface area contributed by atoms with Crippen molar-refractivity contribution < 1.29 is 4.92 Å². The minimum absolute atomic E-state index is 0.0736. The summed E-state index contributed by atoms with van der Waals surface area (Å²) in [6.07, 6.45) is 5.84. The molecule has 0 atom stereocenters. The normalized spacial score (nSPS) is 23.1. The Hall–Kier alpha value is -1.69. The molecule has 1 aliphatic carbocycles. The summed E-state index contributed by atoms with van der Waals surface area (Å²) >= 11 is 0. The fourth-order valence-electron chi connectivity index (χ4n) is 2.55. The lowest BCUT2D eigenvalue weighted by atomic mass is 9.91. The van der Waals surface area contributed by atoms with E-state index in [0.29, 0.717) is 17.6 Å². The Morgan fingerprint density at radius 1 is 1.32 bits per heavy atom. The Kier molecular flexibility index (Phi) is 4.31. The zero-order chi connectivity index (χ0) is 13.8. The van der Waals surface area contributed by atoms with Crippen LogP contribution in [0.5, 0.6) is 0 Å². The monoisotopic (exact) mass is 264 g/mol. The molecule has 104 valence electrons. The first-order chi connectivity index (χ1) is 9.10. The number of hydrogen-bond donors (Lipinski definition) is 2. The molecule has 0 saturated heterocycles. The van der Waals surface area contributed by atoms with Crippen LogP contribution in [-0.4, -0.2) is 29.0 Å². The molecule has 0 amide bonds. The third-order valence-electron chi connectivity index (χ3n) is 3.77. The Balaban J connectivity index is 1.97. The van der Waals surface area contributed by atoms with Crippen LogP contribution in [0.1, 0.15) is 31.2 Å². The molecule has 1 heterocycles. The zero-order valence-electron chi connectivity index (χ0n) is 11.3. The number of rotatable bonds is 4. The number of nitro groups is 1. The summed E-state index contributed by atoms with van der Waals surface area (Å²) in [5.41, 5.74) is 0.718. The molecular formula is C13H20N4O2. The van der Waals surface area contributed by atoms with Crippen LogP contribution in [0, 0.1) is 17.0 Å². The second kappa shape index (κ2) is 5.97. The van der Waals surface area contributed by atoms with Crippen LogP contribution in [0.2, 0.25) is 0 Å². The SMILES string of the molecule is CNC1CCC(Nc2cc(C)c([N+](=O)[O-])cn2)CC1. The average molecular weight is 264 g/mol. The standard InChI is InChI=1S/C13H20N4O2/c1-9-7-13(15-8-12(9)17(18)19)16-11-5-3-10(14-2)4-6-11/h7-8,10-11,14H,3-6H2,1-2H3,(H,15,16). The highest BCUT2D eigenvalue weighted by molar-refractivity contribution is 5.47. The molecule has 0 bridgehead atoms. The van der Waals surface area contributed by atoms with Gasteiger partial charge >= 0.3 is 0 Å². The van der Waals surface area contributed by atoms with Gasteiger partial charge in [-0.2, -0.15) is 0 Å². The lowest BCUT2D eigenvalue weighted by molar-refractivity contribution is -0.385. The highest BCUT2D eigenvalue weighted by atomic mass is 16.6. The molecule has 0 radical (unpaired) electrons. The molecule has 6 nitrogen and oxygen atoms in total. The topological polar surface area (TPSA) is 80.1 Å². The van der Waals surface area contributed by atoms with Gasteiger partial charge in [-0.15, -0.1) is 0 Å². The van der Waals surface area contributed by atoms with Crippen LogP contribution >= 0.6 is 0 Å². The molecule has 19 heavy (non-hydrogen) atoms. The summed E-state index contributed by atoms with van der Waals surface area (Å²) < 4.78 is 0. The third-order valence-corrected chi connectivity index (χ3v) is 3.77. The number of aryl methyl sites for hydroxylation is 1. The highest BCUT2D eigenvalue weighted by Crippen LogP contribution is 2.23. The van der Waals surface area contributed by atoms with E-state index in [-0.39, 0.29) is 5.69 Å². The van der Waals surface area contributed by atoms with Gasteiger partial charge in [0.05, 0.1) is 4.92 Å². The fraction of sp³-hybridized carbons (Fsp3) is 0.615. The van der Waals surface area contributed by atoms with Gasteiger partial charge in [0.2, 0.25) is 0 Å². The lowest BCUT2D eigenvalue weighted by Gasteiger charge is -2.29. The van der Waals surface area contributed by atoms with E-state index in [2.05, 4.69) is 15.6 Å². The van der Waals surface area contributed by atoms with Crippen molar-refractivity contribution >= 4 is 11.5 Å². The second-order valence-electron chi connectivity index (χ2n) is 5.09. The number of pyridine rings is 1. The molecule has 0 aliphatic heterocycles. The van der Waals surface area contributed by atoms with Crippen molar-refractivity contribution in [3.63, 3.8) is 0 Å². The average Bonchev–Trinajstić information content (AvgIpc) is 2.39. The number of hydrogen-bond acceptors (Lipinski definition) is 5. The Morgan fingerprint density at radius 2 is 1.95 bits per heavy atom. The molecule has 1 aliphatic rings. The maximum Gasteiger partial charge on any atom is 0.290 e. The molecule has 0 unspecified atom stereocenters. The van der Waals surface area contributed by atoms with E-state index in [1.54, 1.807) is 13.0 Å². The summed E-state index contributed by atoms with van der Waals surface area (Å²) in [7, 11) is 2.00. The number of anilines is 1. The summed E-state index contributed by atoms with van der Waals surface area (Å²) in [5, 5.41) is 17.4. The molecule has 1 fully saturated rings. The molecule has 0 spiro atoms. The highest BCUT2D eigenvalue weighted by Gasteiger charge is 2.20. The van der Waals surface area contributed by atoms with Crippen LogP contribution < -0.4 is 10.6 Å². The summed E-state index contributed by atoms with van der Waals surface area (Å²) in [4.78, 5) is 14.5. The number of nitrogens with zero attached hydrogens (tertiary/aromatic N) is 2. The first-order valence-electron chi connectivity index (χ1n) is 6.65. The summed E-state index contributed by atoms with van der Waals surface area (Å²) in [6.45, 7) is 1.74. The molecular weight excluding hydrogens is 244 g/mol. The van der Waals surface area contributed by atoms with Gasteiger partial charge in [-0.25, -0.2) is 4.98 Å². The van der Waals surface area contributed by atoms with E-state index < -0.39 is 4.92 Å². The van der Waals surface area contributed by atoms with Gasteiger partial charge in [-0.1, -0.05) is 0 Å². The van der Waals surface area contributed by atoms with E-state index in [9.17, 15) is 10.1 Å². The van der Waals surface area contributed by atoms with Crippen LogP contribution in [0.25, 0.3) is 0 Å². The van der Waals surface area contributed by atoms with E-state index in [0.717, 1.165) is 31.5 Å². The maximum atomic E-state index is 10.7. The van der Waals surface area contributed by atoms with Crippen LogP contribution in [0.3, 0.4) is 0 Å². The van der Waals surface area contributed by atoms with Crippen molar-refractivity contribution in [2.45, 2.75) is 44.7 Å². The number of nitrogens with one attached hydrogen (secondary N) is 2. The van der Waals surface area contributed by atoms with Crippen LogP contribution in [-0.2, 0) is 0 Å². The summed E-state index contributed by atoms with van der Waals surface area (Å²) in [5.74, 6) is 0.732. The molecule has 1 aromatic heterocycles. The Bertz CT molecular complexity index is 456. The second-order valence-corrected chi connectivity index (χ2v) is 5.09. The number of aromatic nitrogens is 1. The maximum absolute atomic E-state index is 10.7. The van der Waals surface area contributed by atoms with Gasteiger partial charge in [-0.3, -0.25) is 10.1 Å². The van der Waals surface area contributed by atoms with Crippen molar-refractivity contribution in [2.24, 2.45) is 0 Å². The Labute approximate surface area is 112 Å². The van der Waals surface area contributed by atoms with Crippen LogP contribution in [0.15, 0.2) is 12.3 Å². The van der Waals surface area contributed by atoms with Crippen LogP contribution in [0.4, 0.5) is 11.5 Å².